The number of halogens is 2. The van der Waals surface area contributed by atoms with Gasteiger partial charge in [0.25, 0.3) is 11.1 Å². The summed E-state index contributed by atoms with van der Waals surface area (Å²) >= 11 is 11.2. The van der Waals surface area contributed by atoms with Crippen molar-refractivity contribution < 1.29 is 14.3 Å². The molecule has 1 aromatic heterocycles. The number of amides is 2. The first-order valence-corrected chi connectivity index (χ1v) is 7.25. The molecular formula is C11H14Cl2N6O5. The molecule has 0 atom stereocenters. The molecule has 5 N–H and O–H groups in total. The number of hydrogen-bond acceptors (Lipinski definition) is 7. The molecule has 1 rings (SSSR count). The van der Waals surface area contributed by atoms with E-state index in [1.165, 1.54) is 0 Å². The van der Waals surface area contributed by atoms with E-state index in [1.807, 2.05) is 5.43 Å². The first-order chi connectivity index (χ1) is 11.3. The summed E-state index contributed by atoms with van der Waals surface area (Å²) in [5.41, 5.74) is 2.12. The maximum Gasteiger partial charge on any atom is 0.330 e. The predicted molar refractivity (Wildman–Crippen MR) is 85.5 cm³/mol. The number of aryl methyl sites for hydroxylation is 1. The number of ether oxygens (including phenoxy) is 1. The summed E-state index contributed by atoms with van der Waals surface area (Å²) < 4.78 is 6.07. The van der Waals surface area contributed by atoms with Crippen LogP contribution in [0.3, 0.4) is 0 Å². The Labute approximate surface area is 144 Å². The number of carbonyl (C=O) groups is 2. The van der Waals surface area contributed by atoms with E-state index in [-0.39, 0.29) is 25.5 Å². The zero-order valence-corrected chi connectivity index (χ0v) is 13.9. The molecule has 0 unspecified atom stereocenters. The second-order valence-electron chi connectivity index (χ2n) is 4.13. The maximum absolute atomic E-state index is 11.9. The first kappa shape index (κ1) is 19.7. The third-order valence-electron chi connectivity index (χ3n) is 2.54. The highest BCUT2D eigenvalue weighted by atomic mass is 35.5. The van der Waals surface area contributed by atoms with Crippen molar-refractivity contribution in [1.82, 2.24) is 20.6 Å². The van der Waals surface area contributed by atoms with Gasteiger partial charge >= 0.3 is 11.8 Å². The number of aromatic amines is 1. The molecule has 13 heteroatoms. The van der Waals surface area contributed by atoms with Gasteiger partial charge < -0.3 is 4.74 Å². The molecule has 24 heavy (non-hydrogen) atoms. The van der Waals surface area contributed by atoms with Gasteiger partial charge in [0.1, 0.15) is 10.0 Å². The van der Waals surface area contributed by atoms with Crippen molar-refractivity contribution in [2.75, 3.05) is 6.61 Å². The topological polar surface area (TPSA) is 161 Å². The predicted octanol–water partition coefficient (Wildman–Crippen LogP) is -1.31. The van der Waals surface area contributed by atoms with Gasteiger partial charge in [-0.15, -0.1) is 5.10 Å². The van der Waals surface area contributed by atoms with Crippen LogP contribution >= 0.6 is 23.2 Å². The van der Waals surface area contributed by atoms with E-state index in [1.54, 1.807) is 12.3 Å². The summed E-state index contributed by atoms with van der Waals surface area (Å²) in [4.78, 5) is 45.5. The Morgan fingerprint density at radius 1 is 1.29 bits per heavy atom. The SMILES string of the molecule is CCO/C(CCn1[nH]c(=O)c(Cl)c(Cl)c1=O)=N\NC(=O)C(=O)NN. The number of hydrazine groups is 1. The Balaban J connectivity index is 2.88. The fourth-order valence-corrected chi connectivity index (χ4v) is 1.77. The number of carbonyl (C=O) groups excluding carboxylic acids is 2. The van der Waals surface area contributed by atoms with Crippen molar-refractivity contribution in [3.63, 3.8) is 0 Å². The first-order valence-electron chi connectivity index (χ1n) is 6.50. The molecule has 0 saturated carbocycles. The zero-order valence-electron chi connectivity index (χ0n) is 12.4. The van der Waals surface area contributed by atoms with Gasteiger partial charge in [-0.3, -0.25) is 29.7 Å². The van der Waals surface area contributed by atoms with Gasteiger partial charge in [-0.1, -0.05) is 23.2 Å². The Morgan fingerprint density at radius 2 is 1.96 bits per heavy atom. The lowest BCUT2D eigenvalue weighted by atomic mass is 10.4. The van der Waals surface area contributed by atoms with Gasteiger partial charge in [0, 0.05) is 6.42 Å². The van der Waals surface area contributed by atoms with Crippen LogP contribution in [0.25, 0.3) is 0 Å². The standard InChI is InChI=1S/C11H14Cl2N6O5/c1-2-24-5(16-17-10(22)9(21)15-14)3-4-19-11(23)7(13)6(12)8(20)18-19/h2-4,14H2,1H3,(H,15,21)(H,17,22)(H,18,20)/b16-5-. The molecular weight excluding hydrogens is 367 g/mol. The highest BCUT2D eigenvalue weighted by Crippen LogP contribution is 2.10. The molecule has 0 aromatic carbocycles. The molecule has 0 saturated heterocycles. The molecule has 0 spiro atoms. The highest BCUT2D eigenvalue weighted by Gasteiger charge is 2.13. The summed E-state index contributed by atoms with van der Waals surface area (Å²) in [6, 6.07) is 0. The second kappa shape index (κ2) is 9.05. The lowest BCUT2D eigenvalue weighted by molar-refractivity contribution is -0.139. The highest BCUT2D eigenvalue weighted by molar-refractivity contribution is 6.41. The molecule has 2 amide bonds. The Bertz CT molecular complexity index is 771. The Kier molecular flexibility index (Phi) is 7.42. The second-order valence-corrected chi connectivity index (χ2v) is 4.88. The third-order valence-corrected chi connectivity index (χ3v) is 3.35. The molecule has 1 aromatic rings. The lowest BCUT2D eigenvalue weighted by Crippen LogP contribution is -2.41. The van der Waals surface area contributed by atoms with Crippen LogP contribution < -0.4 is 27.8 Å². The minimum atomic E-state index is -1.10. The number of hydrazone groups is 1. The number of nitrogens with two attached hydrogens (primary N) is 1. The molecule has 0 fully saturated rings. The summed E-state index contributed by atoms with van der Waals surface area (Å²) in [6.45, 7) is 1.81. The number of H-pyrrole nitrogens is 1. The van der Waals surface area contributed by atoms with Crippen molar-refractivity contribution in [2.24, 2.45) is 10.9 Å². The molecule has 0 aliphatic rings. The van der Waals surface area contributed by atoms with E-state index >= 15 is 0 Å². The zero-order chi connectivity index (χ0) is 18.3. The van der Waals surface area contributed by atoms with E-state index in [0.717, 1.165) is 4.68 Å². The summed E-state index contributed by atoms with van der Waals surface area (Å²) in [5.74, 6) is 2.60. The minimum absolute atomic E-state index is 0.00612. The molecule has 0 bridgehead atoms. The Hall–Kier alpha value is -2.37. The van der Waals surface area contributed by atoms with Gasteiger partial charge in [-0.2, -0.15) is 0 Å². The van der Waals surface area contributed by atoms with E-state index in [4.69, 9.17) is 33.8 Å². The van der Waals surface area contributed by atoms with Crippen LogP contribution in [0.1, 0.15) is 13.3 Å². The summed E-state index contributed by atoms with van der Waals surface area (Å²) in [5, 5.41) is 5.01. The van der Waals surface area contributed by atoms with Crippen molar-refractivity contribution in [2.45, 2.75) is 19.9 Å². The van der Waals surface area contributed by atoms with Crippen molar-refractivity contribution in [1.29, 1.82) is 0 Å². The minimum Gasteiger partial charge on any atom is -0.480 e. The number of hydrogen-bond donors (Lipinski definition) is 4. The number of nitrogens with zero attached hydrogens (tertiary/aromatic N) is 2. The van der Waals surface area contributed by atoms with Crippen LogP contribution in [0.2, 0.25) is 10.0 Å². The molecule has 132 valence electrons. The quantitative estimate of drug-likeness (QED) is 0.124. The molecule has 11 nitrogen and oxygen atoms in total. The van der Waals surface area contributed by atoms with Gasteiger partial charge in [0.15, 0.2) is 0 Å². The maximum atomic E-state index is 11.9. The van der Waals surface area contributed by atoms with Crippen LogP contribution in [-0.4, -0.2) is 34.1 Å². The van der Waals surface area contributed by atoms with Crippen LogP contribution in [0.5, 0.6) is 0 Å². The number of aromatic nitrogens is 2. The number of nitrogens with one attached hydrogen (secondary N) is 3. The molecule has 0 radical (unpaired) electrons. The van der Waals surface area contributed by atoms with E-state index < -0.39 is 33.0 Å². The van der Waals surface area contributed by atoms with Crippen LogP contribution in [-0.2, 0) is 20.9 Å². The van der Waals surface area contributed by atoms with Gasteiger partial charge in [-0.25, -0.2) is 16.0 Å². The average Bonchev–Trinajstić information content (AvgIpc) is 2.58. The van der Waals surface area contributed by atoms with Gasteiger partial charge in [-0.05, 0) is 6.92 Å². The van der Waals surface area contributed by atoms with Crippen LogP contribution in [0.4, 0.5) is 0 Å². The van der Waals surface area contributed by atoms with Crippen LogP contribution in [0, 0.1) is 0 Å². The van der Waals surface area contributed by atoms with Crippen molar-refractivity contribution >= 4 is 40.9 Å². The van der Waals surface area contributed by atoms with Crippen molar-refractivity contribution in [3.05, 3.63) is 30.8 Å². The van der Waals surface area contributed by atoms with Gasteiger partial charge in [0.05, 0.1) is 13.2 Å². The van der Waals surface area contributed by atoms with Crippen LogP contribution in [0.15, 0.2) is 14.7 Å². The fraction of sp³-hybridized carbons (Fsp3) is 0.364. The lowest BCUT2D eigenvalue weighted by Gasteiger charge is -2.09. The monoisotopic (exact) mass is 380 g/mol. The van der Waals surface area contributed by atoms with E-state index in [0.29, 0.717) is 0 Å². The normalized spacial score (nSPS) is 11.1. The van der Waals surface area contributed by atoms with E-state index in [9.17, 15) is 19.2 Å². The fourth-order valence-electron chi connectivity index (χ4n) is 1.46. The largest absolute Gasteiger partial charge is 0.480 e. The summed E-state index contributed by atoms with van der Waals surface area (Å²) in [6.07, 6.45) is 0.00612. The average molecular weight is 381 g/mol. The Morgan fingerprint density at radius 3 is 2.54 bits per heavy atom. The molecule has 0 aliphatic carbocycles. The smallest absolute Gasteiger partial charge is 0.330 e. The molecule has 0 aliphatic heterocycles. The van der Waals surface area contributed by atoms with E-state index in [2.05, 4.69) is 10.2 Å². The summed E-state index contributed by atoms with van der Waals surface area (Å²) in [7, 11) is 0. The van der Waals surface area contributed by atoms with Crippen molar-refractivity contribution in [3.8, 4) is 0 Å². The molecule has 1 heterocycles. The number of rotatable bonds is 5. The van der Waals surface area contributed by atoms with Gasteiger partial charge in [0.2, 0.25) is 5.90 Å². The third kappa shape index (κ3) is 5.08.